The van der Waals surface area contributed by atoms with E-state index in [1.54, 1.807) is 0 Å². The first-order valence-electron chi connectivity index (χ1n) is 5.96. The maximum atomic E-state index is 11.6. The molecule has 2 unspecified atom stereocenters. The number of piperidine rings is 1. The maximum Gasteiger partial charge on any atom is 0.151 e. The summed E-state index contributed by atoms with van der Waals surface area (Å²) < 4.78 is 23.2. The van der Waals surface area contributed by atoms with Crippen molar-refractivity contribution >= 4 is 15.6 Å². The van der Waals surface area contributed by atoms with E-state index in [2.05, 4.69) is 4.90 Å². The summed E-state index contributed by atoms with van der Waals surface area (Å²) >= 11 is 0. The van der Waals surface area contributed by atoms with Gasteiger partial charge in [-0.25, -0.2) is 8.42 Å². The second kappa shape index (κ2) is 4.45. The number of carbonyl (C=O) groups excluding carboxylic acids is 1. The number of rotatable bonds is 1. The molecule has 0 saturated carbocycles. The summed E-state index contributed by atoms with van der Waals surface area (Å²) in [5.41, 5.74) is 0. The Balaban J connectivity index is 2.04. The van der Waals surface area contributed by atoms with Crippen molar-refractivity contribution in [1.82, 2.24) is 4.90 Å². The molecule has 0 radical (unpaired) electrons. The highest BCUT2D eigenvalue weighted by molar-refractivity contribution is 7.91. The van der Waals surface area contributed by atoms with Crippen molar-refractivity contribution in [3.05, 3.63) is 0 Å². The van der Waals surface area contributed by atoms with Crippen LogP contribution in [0.4, 0.5) is 0 Å². The summed E-state index contributed by atoms with van der Waals surface area (Å²) in [6.07, 6.45) is 2.89. The molecule has 0 aromatic rings. The van der Waals surface area contributed by atoms with Crippen molar-refractivity contribution in [1.29, 1.82) is 0 Å². The average molecular weight is 245 g/mol. The molecule has 2 fully saturated rings. The molecule has 0 amide bonds. The first-order chi connectivity index (χ1) is 7.48. The second-order valence-corrected chi connectivity index (χ2v) is 7.22. The van der Waals surface area contributed by atoms with Crippen LogP contribution in [0.3, 0.4) is 0 Å². The fourth-order valence-electron chi connectivity index (χ4n) is 2.83. The maximum absolute atomic E-state index is 11.6. The molecule has 92 valence electrons. The molecule has 0 aromatic carbocycles. The summed E-state index contributed by atoms with van der Waals surface area (Å²) in [5, 5.41) is 0. The van der Waals surface area contributed by atoms with Crippen LogP contribution in [0.15, 0.2) is 0 Å². The number of Topliss-reactive ketones (excluding diaryl/α,β-unsaturated/α-hetero) is 1. The molecule has 2 heterocycles. The first kappa shape index (κ1) is 12.0. The Hall–Kier alpha value is -0.420. The minimum absolute atomic E-state index is 0.141. The van der Waals surface area contributed by atoms with Gasteiger partial charge in [-0.2, -0.15) is 0 Å². The van der Waals surface area contributed by atoms with Gasteiger partial charge >= 0.3 is 0 Å². The van der Waals surface area contributed by atoms with Crippen LogP contribution in [0.5, 0.6) is 0 Å². The lowest BCUT2D eigenvalue weighted by Crippen LogP contribution is -2.51. The van der Waals surface area contributed by atoms with E-state index in [4.69, 9.17) is 0 Å². The lowest BCUT2D eigenvalue weighted by atomic mass is 9.99. The topological polar surface area (TPSA) is 54.5 Å². The van der Waals surface area contributed by atoms with Crippen LogP contribution in [0.2, 0.25) is 0 Å². The van der Waals surface area contributed by atoms with Gasteiger partial charge in [-0.05, 0) is 19.8 Å². The molecule has 2 aliphatic heterocycles. The summed E-state index contributed by atoms with van der Waals surface area (Å²) in [6, 6.07) is 0.349. The standard InChI is InChI=1S/C11H19NO3S/c1-9-7-11(13)4-5-12(9)10-3-2-6-16(14,15)8-10/h9-10H,2-8H2,1H3. The highest BCUT2D eigenvalue weighted by Gasteiger charge is 2.34. The third-order valence-electron chi connectivity index (χ3n) is 3.65. The van der Waals surface area contributed by atoms with E-state index in [1.807, 2.05) is 6.92 Å². The molecule has 0 aromatic heterocycles. The molecule has 0 spiro atoms. The summed E-state index contributed by atoms with van der Waals surface area (Å²) in [7, 11) is -2.84. The number of carbonyl (C=O) groups is 1. The molecule has 0 aliphatic carbocycles. The number of nitrogens with zero attached hydrogens (tertiary/aromatic N) is 1. The predicted octanol–water partition coefficient (Wildman–Crippen LogP) is 0.617. The van der Waals surface area contributed by atoms with Gasteiger partial charge in [0.05, 0.1) is 11.5 Å². The predicted molar refractivity (Wildman–Crippen MR) is 62.1 cm³/mol. The highest BCUT2D eigenvalue weighted by Crippen LogP contribution is 2.24. The Morgan fingerprint density at radius 1 is 1.38 bits per heavy atom. The van der Waals surface area contributed by atoms with Crippen molar-refractivity contribution in [2.45, 2.75) is 44.7 Å². The van der Waals surface area contributed by atoms with E-state index in [-0.39, 0.29) is 17.8 Å². The SMILES string of the molecule is CC1CC(=O)CCN1C1CCCS(=O)(=O)C1. The van der Waals surface area contributed by atoms with Gasteiger partial charge in [-0.1, -0.05) is 0 Å². The summed E-state index contributed by atoms with van der Waals surface area (Å²) in [6.45, 7) is 2.76. The van der Waals surface area contributed by atoms with Crippen LogP contribution in [0.25, 0.3) is 0 Å². The van der Waals surface area contributed by atoms with E-state index >= 15 is 0 Å². The van der Waals surface area contributed by atoms with Crippen LogP contribution < -0.4 is 0 Å². The minimum atomic E-state index is -2.84. The molecule has 0 N–H and O–H groups in total. The van der Waals surface area contributed by atoms with Gasteiger partial charge < -0.3 is 0 Å². The number of sulfone groups is 1. The van der Waals surface area contributed by atoms with E-state index < -0.39 is 9.84 Å². The van der Waals surface area contributed by atoms with E-state index in [0.717, 1.165) is 19.4 Å². The molecule has 2 aliphatic rings. The third-order valence-corrected chi connectivity index (χ3v) is 5.45. The zero-order valence-electron chi connectivity index (χ0n) is 9.68. The normalized spacial score (nSPS) is 36.2. The number of ketones is 1. The average Bonchev–Trinajstić information content (AvgIpc) is 2.15. The van der Waals surface area contributed by atoms with E-state index in [9.17, 15) is 13.2 Å². The second-order valence-electron chi connectivity index (χ2n) is 4.99. The monoisotopic (exact) mass is 245 g/mol. The quantitative estimate of drug-likeness (QED) is 0.679. The lowest BCUT2D eigenvalue weighted by Gasteiger charge is -2.40. The van der Waals surface area contributed by atoms with Crippen molar-refractivity contribution in [3.8, 4) is 0 Å². The Labute approximate surface area is 96.9 Å². The smallest absolute Gasteiger partial charge is 0.151 e. The Morgan fingerprint density at radius 3 is 2.75 bits per heavy atom. The van der Waals surface area contributed by atoms with Crippen LogP contribution >= 0.6 is 0 Å². The van der Waals surface area contributed by atoms with Crippen molar-refractivity contribution in [3.63, 3.8) is 0 Å². The van der Waals surface area contributed by atoms with E-state index in [0.29, 0.717) is 24.4 Å². The largest absolute Gasteiger partial charge is 0.300 e. The molecule has 2 saturated heterocycles. The fraction of sp³-hybridized carbons (Fsp3) is 0.909. The Bertz CT molecular complexity index is 377. The molecule has 4 nitrogen and oxygen atoms in total. The molecule has 16 heavy (non-hydrogen) atoms. The van der Waals surface area contributed by atoms with Crippen LogP contribution in [-0.2, 0) is 14.6 Å². The zero-order valence-corrected chi connectivity index (χ0v) is 10.5. The van der Waals surface area contributed by atoms with Crippen molar-refractivity contribution < 1.29 is 13.2 Å². The van der Waals surface area contributed by atoms with Crippen molar-refractivity contribution in [2.75, 3.05) is 18.1 Å². The summed E-state index contributed by atoms with van der Waals surface area (Å²) in [4.78, 5) is 13.5. The minimum Gasteiger partial charge on any atom is -0.300 e. The van der Waals surface area contributed by atoms with Crippen molar-refractivity contribution in [2.24, 2.45) is 0 Å². The molecule has 0 bridgehead atoms. The highest BCUT2D eigenvalue weighted by atomic mass is 32.2. The van der Waals surface area contributed by atoms with Gasteiger partial charge in [0.1, 0.15) is 5.78 Å². The van der Waals surface area contributed by atoms with Crippen LogP contribution in [0.1, 0.15) is 32.6 Å². The zero-order chi connectivity index (χ0) is 11.8. The third kappa shape index (κ3) is 2.63. The molecule has 5 heteroatoms. The van der Waals surface area contributed by atoms with Gasteiger partial charge in [-0.15, -0.1) is 0 Å². The number of likely N-dealkylation sites (tertiary alicyclic amines) is 1. The molecule has 2 rings (SSSR count). The summed E-state index contributed by atoms with van der Waals surface area (Å²) in [5.74, 6) is 0.929. The Morgan fingerprint density at radius 2 is 2.12 bits per heavy atom. The van der Waals surface area contributed by atoms with E-state index in [1.165, 1.54) is 0 Å². The fourth-order valence-corrected chi connectivity index (χ4v) is 4.54. The Kier molecular flexibility index (Phi) is 3.35. The molecular weight excluding hydrogens is 226 g/mol. The number of hydrogen-bond donors (Lipinski definition) is 0. The van der Waals surface area contributed by atoms with Gasteiger partial charge in [0.2, 0.25) is 0 Å². The van der Waals surface area contributed by atoms with Crippen LogP contribution in [-0.4, -0.2) is 49.2 Å². The lowest BCUT2D eigenvalue weighted by molar-refractivity contribution is -0.123. The molecule has 2 atom stereocenters. The molecular formula is C11H19NO3S. The van der Waals surface area contributed by atoms with Gasteiger partial charge in [0.15, 0.2) is 9.84 Å². The van der Waals surface area contributed by atoms with Gasteiger partial charge in [0, 0.05) is 31.5 Å². The first-order valence-corrected chi connectivity index (χ1v) is 7.78. The van der Waals surface area contributed by atoms with Gasteiger partial charge in [-0.3, -0.25) is 9.69 Å². The van der Waals surface area contributed by atoms with Gasteiger partial charge in [0.25, 0.3) is 0 Å². The number of hydrogen-bond acceptors (Lipinski definition) is 4. The van der Waals surface area contributed by atoms with Crippen LogP contribution in [0, 0.1) is 0 Å².